The van der Waals surface area contributed by atoms with E-state index < -0.39 is 0 Å². The van der Waals surface area contributed by atoms with Gasteiger partial charge < -0.3 is 9.74 Å². The highest BCUT2D eigenvalue weighted by Crippen LogP contribution is 2.27. The molecule has 0 aromatic heterocycles. The Kier molecular flexibility index (Phi) is 4.36. The van der Waals surface area contributed by atoms with Gasteiger partial charge in [-0.1, -0.05) is 36.9 Å². The number of hydrogen-bond acceptors (Lipinski definition) is 3. The van der Waals surface area contributed by atoms with Crippen molar-refractivity contribution in [3.05, 3.63) is 76.6 Å². The largest absolute Gasteiger partial charge is 0.378 e. The predicted molar refractivity (Wildman–Crippen MR) is 101 cm³/mol. The lowest BCUT2D eigenvalue weighted by Gasteiger charge is -2.14. The average Bonchev–Trinajstić information content (AvgIpc) is 2.93. The van der Waals surface area contributed by atoms with Crippen LogP contribution in [0.5, 0.6) is 0 Å². The molecule has 2 aromatic carbocycles. The monoisotopic (exact) mass is 330 g/mol. The van der Waals surface area contributed by atoms with Crippen molar-refractivity contribution in [2.45, 2.75) is 6.92 Å². The molecule has 0 spiro atoms. The maximum absolute atomic E-state index is 12.8. The van der Waals surface area contributed by atoms with E-state index in [0.29, 0.717) is 11.3 Å². The topological polar surface area (TPSA) is 40.3 Å². The van der Waals surface area contributed by atoms with E-state index in [2.05, 4.69) is 16.0 Å². The van der Waals surface area contributed by atoms with Gasteiger partial charge >= 0.3 is 5.84 Å². The molecule has 0 fully saturated rings. The van der Waals surface area contributed by atoms with Crippen molar-refractivity contribution in [2.75, 3.05) is 24.0 Å². The molecule has 1 aliphatic heterocycles. The van der Waals surface area contributed by atoms with E-state index in [0.717, 1.165) is 16.8 Å². The Bertz CT molecular complexity index is 920. The molecule has 0 saturated carbocycles. The van der Waals surface area contributed by atoms with Gasteiger partial charge in [0.05, 0.1) is 11.3 Å². The second-order valence-electron chi connectivity index (χ2n) is 5.98. The van der Waals surface area contributed by atoms with Gasteiger partial charge in [-0.3, -0.25) is 4.79 Å². The van der Waals surface area contributed by atoms with Crippen molar-refractivity contribution < 1.29 is 4.79 Å². The Balaban J connectivity index is 2.00. The first kappa shape index (κ1) is 16.5. The number of carbonyl (C=O) groups is 1. The van der Waals surface area contributed by atoms with E-state index in [1.165, 1.54) is 5.01 Å². The summed E-state index contributed by atoms with van der Waals surface area (Å²) in [7, 11) is 3.96. The molecule has 0 aliphatic carbocycles. The summed E-state index contributed by atoms with van der Waals surface area (Å²) in [4.78, 5) is 18.2. The second-order valence-corrected chi connectivity index (χ2v) is 5.98. The summed E-state index contributed by atoms with van der Waals surface area (Å²) >= 11 is 0. The van der Waals surface area contributed by atoms with E-state index in [9.17, 15) is 4.79 Å². The average molecular weight is 330 g/mol. The molecule has 1 heterocycles. The molecule has 1 aliphatic rings. The molecule has 0 radical (unpaired) electrons. The normalized spacial score (nSPS) is 15.3. The van der Waals surface area contributed by atoms with Crippen LogP contribution in [0.15, 0.2) is 59.2 Å². The fraction of sp³-hybridized carbons (Fsp3) is 0.150. The number of hydrazone groups is 1. The number of para-hydroxylation sites is 1. The molecule has 2 aromatic rings. The van der Waals surface area contributed by atoms with E-state index in [4.69, 9.17) is 6.57 Å². The summed E-state index contributed by atoms with van der Waals surface area (Å²) in [5, 5.41) is 5.46. The van der Waals surface area contributed by atoms with Crippen molar-refractivity contribution in [2.24, 2.45) is 5.10 Å². The lowest BCUT2D eigenvalue weighted by atomic mass is 10.0. The predicted octanol–water partition coefficient (Wildman–Crippen LogP) is 3.72. The van der Waals surface area contributed by atoms with Crippen LogP contribution >= 0.6 is 0 Å². The molecule has 0 saturated heterocycles. The van der Waals surface area contributed by atoms with E-state index in [1.54, 1.807) is 18.2 Å². The van der Waals surface area contributed by atoms with Crippen LogP contribution in [-0.4, -0.2) is 25.8 Å². The third-order valence-electron chi connectivity index (χ3n) is 4.03. The number of aryl methyl sites for hydroxylation is 1. The molecule has 0 bridgehead atoms. The highest BCUT2D eigenvalue weighted by molar-refractivity contribution is 6.34. The summed E-state index contributed by atoms with van der Waals surface area (Å²) in [5.74, 6) is -0.168. The minimum Gasteiger partial charge on any atom is -0.378 e. The molecular weight excluding hydrogens is 312 g/mol. The summed E-state index contributed by atoms with van der Waals surface area (Å²) in [6, 6.07) is 15.1. The smallest absolute Gasteiger partial charge is 0.307 e. The van der Waals surface area contributed by atoms with Crippen LogP contribution < -0.4 is 9.91 Å². The number of amides is 1. The number of anilines is 2. The van der Waals surface area contributed by atoms with Crippen molar-refractivity contribution >= 4 is 29.2 Å². The third kappa shape index (κ3) is 3.15. The highest BCUT2D eigenvalue weighted by atomic mass is 16.2. The first-order valence-electron chi connectivity index (χ1n) is 7.87. The summed E-state index contributed by atoms with van der Waals surface area (Å²) in [6.45, 7) is 9.34. The van der Waals surface area contributed by atoms with Gasteiger partial charge in [0, 0.05) is 19.8 Å². The summed E-state index contributed by atoms with van der Waals surface area (Å²) < 4.78 is 0. The molecule has 124 valence electrons. The van der Waals surface area contributed by atoms with Crippen LogP contribution in [0.1, 0.15) is 11.1 Å². The Morgan fingerprint density at radius 2 is 1.88 bits per heavy atom. The van der Waals surface area contributed by atoms with Crippen LogP contribution in [0, 0.1) is 13.5 Å². The molecule has 0 N–H and O–H groups in total. The SMILES string of the molecule is [C-]#[N+]C1=NN(c2ccccc2)C(=O)C1=Cc1ccc(N(C)C)cc1C. The number of amidine groups is 1. The zero-order chi connectivity index (χ0) is 18.0. The molecule has 0 atom stereocenters. The number of carbonyl (C=O) groups excluding carboxylic acids is 1. The number of benzene rings is 2. The second kappa shape index (κ2) is 6.62. The quantitative estimate of drug-likeness (QED) is 0.635. The van der Waals surface area contributed by atoms with Crippen LogP contribution in [-0.2, 0) is 4.79 Å². The fourth-order valence-electron chi connectivity index (χ4n) is 2.61. The Hall–Kier alpha value is -3.39. The lowest BCUT2D eigenvalue weighted by molar-refractivity contribution is -0.114. The molecule has 3 rings (SSSR count). The van der Waals surface area contributed by atoms with Crippen molar-refractivity contribution in [1.82, 2.24) is 0 Å². The maximum Gasteiger partial charge on any atom is 0.307 e. The molecule has 0 unspecified atom stereocenters. The molecular formula is C20H18N4O. The first-order chi connectivity index (χ1) is 12.0. The number of hydrogen-bond donors (Lipinski definition) is 0. The van der Waals surface area contributed by atoms with Crippen LogP contribution in [0.2, 0.25) is 0 Å². The van der Waals surface area contributed by atoms with Crippen LogP contribution in [0.4, 0.5) is 11.4 Å². The maximum atomic E-state index is 12.8. The summed E-state index contributed by atoms with van der Waals surface area (Å²) in [5.41, 5.74) is 3.99. The number of nitrogens with zero attached hydrogens (tertiary/aromatic N) is 4. The minimum absolute atomic E-state index is 0.116. The van der Waals surface area contributed by atoms with E-state index >= 15 is 0 Å². The van der Waals surface area contributed by atoms with Gasteiger partial charge in [-0.2, -0.15) is 0 Å². The van der Waals surface area contributed by atoms with Gasteiger partial charge in [0.2, 0.25) is 0 Å². The third-order valence-corrected chi connectivity index (χ3v) is 4.03. The van der Waals surface area contributed by atoms with Crippen LogP contribution in [0.3, 0.4) is 0 Å². The Labute approximate surface area is 147 Å². The first-order valence-corrected chi connectivity index (χ1v) is 7.87. The summed E-state index contributed by atoms with van der Waals surface area (Å²) in [6.07, 6.45) is 1.75. The molecule has 5 heteroatoms. The standard InChI is InChI=1S/C20H18N4O/c1-14-12-17(23(3)4)11-10-15(14)13-18-19(21-2)22-24(20(18)25)16-8-6-5-7-9-16/h5-13H,1,3-4H3. The zero-order valence-electron chi connectivity index (χ0n) is 14.4. The fourth-order valence-corrected chi connectivity index (χ4v) is 2.61. The Morgan fingerprint density at radius 3 is 2.48 bits per heavy atom. The van der Waals surface area contributed by atoms with Gasteiger partial charge in [0.25, 0.3) is 5.91 Å². The molecule has 5 nitrogen and oxygen atoms in total. The van der Waals surface area contributed by atoms with Gasteiger partial charge in [-0.05, 0) is 47.4 Å². The lowest BCUT2D eigenvalue weighted by Crippen LogP contribution is -2.21. The Morgan fingerprint density at radius 1 is 1.16 bits per heavy atom. The van der Waals surface area contributed by atoms with Gasteiger partial charge in [0.1, 0.15) is 0 Å². The van der Waals surface area contributed by atoms with Crippen molar-refractivity contribution in [1.29, 1.82) is 0 Å². The molecule has 25 heavy (non-hydrogen) atoms. The van der Waals surface area contributed by atoms with E-state index in [1.807, 2.05) is 56.3 Å². The van der Waals surface area contributed by atoms with E-state index in [-0.39, 0.29) is 11.7 Å². The number of rotatable bonds is 3. The van der Waals surface area contributed by atoms with Crippen LogP contribution in [0.25, 0.3) is 10.9 Å². The highest BCUT2D eigenvalue weighted by Gasteiger charge is 2.34. The van der Waals surface area contributed by atoms with Crippen molar-refractivity contribution in [3.8, 4) is 0 Å². The van der Waals surface area contributed by atoms with Gasteiger partial charge in [0.15, 0.2) is 0 Å². The molecule has 1 amide bonds. The van der Waals surface area contributed by atoms with Crippen molar-refractivity contribution in [3.63, 3.8) is 0 Å². The zero-order valence-corrected chi connectivity index (χ0v) is 14.4. The van der Waals surface area contributed by atoms with Gasteiger partial charge in [-0.25, -0.2) is 0 Å². The minimum atomic E-state index is -0.284. The van der Waals surface area contributed by atoms with Gasteiger partial charge in [-0.15, -0.1) is 5.01 Å².